The number of rotatable bonds is 7. The average Bonchev–Trinajstić information content (AvgIpc) is 3.05. The fourth-order valence-electron chi connectivity index (χ4n) is 2.58. The van der Waals surface area contributed by atoms with Crippen molar-refractivity contribution in [2.75, 3.05) is 29.5 Å². The molecule has 0 aliphatic carbocycles. The topological polar surface area (TPSA) is 127 Å². The Balaban J connectivity index is 1.42. The molecule has 0 saturated carbocycles. The van der Waals surface area contributed by atoms with Gasteiger partial charge < -0.3 is 16.0 Å². The summed E-state index contributed by atoms with van der Waals surface area (Å²) in [6.45, 7) is 0.969. The fraction of sp³-hybridized carbons (Fsp3) is 0.211. The molecule has 29 heavy (non-hydrogen) atoms. The molecule has 1 aromatic heterocycles. The molecule has 148 valence electrons. The van der Waals surface area contributed by atoms with Crippen LogP contribution in [0, 0.1) is 11.3 Å². The Bertz CT molecular complexity index is 941. The van der Waals surface area contributed by atoms with Crippen LogP contribution in [0.5, 0.6) is 0 Å². The van der Waals surface area contributed by atoms with Gasteiger partial charge in [-0.05, 0) is 29.8 Å². The normalized spacial score (nSPS) is 13.1. The standard InChI is InChI=1S/C19H18N6O3S/c20-10-14-2-1-7-21-17(14)22-8-9-23-18(27)24-15-5-3-13(4-6-15)11-25-16(26)12-29-19(25)28/h1-7H,8-9,11-12H2,(H,21,22)(H2,23,24,27). The van der Waals surface area contributed by atoms with E-state index in [2.05, 4.69) is 20.9 Å². The van der Waals surface area contributed by atoms with Crippen LogP contribution in [-0.4, -0.2) is 45.9 Å². The Morgan fingerprint density at radius 2 is 2.00 bits per heavy atom. The number of hydrogen-bond donors (Lipinski definition) is 3. The number of nitrogens with zero attached hydrogens (tertiary/aromatic N) is 3. The van der Waals surface area contributed by atoms with Crippen molar-refractivity contribution in [2.24, 2.45) is 0 Å². The van der Waals surface area contributed by atoms with Gasteiger partial charge >= 0.3 is 6.03 Å². The molecule has 3 N–H and O–H groups in total. The van der Waals surface area contributed by atoms with E-state index < -0.39 is 0 Å². The van der Waals surface area contributed by atoms with Gasteiger partial charge in [0.05, 0.1) is 17.9 Å². The summed E-state index contributed by atoms with van der Waals surface area (Å²) < 4.78 is 0. The van der Waals surface area contributed by atoms with Gasteiger partial charge in [-0.15, -0.1) is 0 Å². The second-order valence-corrected chi connectivity index (χ2v) is 6.98. The minimum absolute atomic E-state index is 0.186. The predicted octanol–water partition coefficient (Wildman–Crippen LogP) is 2.38. The van der Waals surface area contributed by atoms with Crippen LogP contribution in [0.4, 0.5) is 21.1 Å². The number of nitriles is 1. The summed E-state index contributed by atoms with van der Waals surface area (Å²) in [6, 6.07) is 11.9. The maximum absolute atomic E-state index is 12.0. The van der Waals surface area contributed by atoms with E-state index in [0.717, 1.165) is 17.3 Å². The van der Waals surface area contributed by atoms with Crippen molar-refractivity contribution >= 4 is 40.4 Å². The largest absolute Gasteiger partial charge is 0.367 e. The van der Waals surface area contributed by atoms with Crippen LogP contribution in [0.3, 0.4) is 0 Å². The molecule has 1 aliphatic rings. The van der Waals surface area contributed by atoms with E-state index >= 15 is 0 Å². The molecular formula is C19H18N6O3S. The number of aromatic nitrogens is 1. The number of carbonyl (C=O) groups is 3. The molecular weight excluding hydrogens is 392 g/mol. The van der Waals surface area contributed by atoms with Crippen LogP contribution in [-0.2, 0) is 11.3 Å². The molecule has 9 nitrogen and oxygen atoms in total. The summed E-state index contributed by atoms with van der Waals surface area (Å²) in [6.07, 6.45) is 1.58. The molecule has 4 amide bonds. The minimum atomic E-state index is -0.373. The fourth-order valence-corrected chi connectivity index (χ4v) is 3.30. The van der Waals surface area contributed by atoms with Gasteiger partial charge in [0.2, 0.25) is 5.91 Å². The van der Waals surface area contributed by atoms with Crippen molar-refractivity contribution in [3.63, 3.8) is 0 Å². The first-order valence-electron chi connectivity index (χ1n) is 8.76. The Hall–Kier alpha value is -3.58. The monoisotopic (exact) mass is 410 g/mol. The zero-order valence-electron chi connectivity index (χ0n) is 15.3. The van der Waals surface area contributed by atoms with Crippen molar-refractivity contribution in [2.45, 2.75) is 6.54 Å². The highest BCUT2D eigenvalue weighted by Crippen LogP contribution is 2.21. The predicted molar refractivity (Wildman–Crippen MR) is 109 cm³/mol. The maximum Gasteiger partial charge on any atom is 0.319 e. The Morgan fingerprint density at radius 1 is 1.21 bits per heavy atom. The molecule has 0 bridgehead atoms. The summed E-state index contributed by atoms with van der Waals surface area (Å²) in [4.78, 5) is 40.6. The third-order valence-electron chi connectivity index (χ3n) is 4.02. The van der Waals surface area contributed by atoms with Crippen molar-refractivity contribution in [3.8, 4) is 6.07 Å². The van der Waals surface area contributed by atoms with Crippen molar-refractivity contribution in [3.05, 3.63) is 53.7 Å². The van der Waals surface area contributed by atoms with Gasteiger partial charge in [-0.1, -0.05) is 23.9 Å². The van der Waals surface area contributed by atoms with Crippen LogP contribution in [0.1, 0.15) is 11.1 Å². The van der Waals surface area contributed by atoms with E-state index in [1.54, 1.807) is 42.6 Å². The number of urea groups is 1. The van der Waals surface area contributed by atoms with Gasteiger partial charge in [0.25, 0.3) is 5.24 Å². The number of hydrogen-bond acceptors (Lipinski definition) is 7. The zero-order chi connectivity index (χ0) is 20.6. The number of anilines is 2. The highest BCUT2D eigenvalue weighted by molar-refractivity contribution is 8.14. The van der Waals surface area contributed by atoms with Gasteiger partial charge in [-0.2, -0.15) is 5.26 Å². The van der Waals surface area contributed by atoms with Crippen molar-refractivity contribution in [1.82, 2.24) is 15.2 Å². The second-order valence-electron chi connectivity index (χ2n) is 6.05. The van der Waals surface area contributed by atoms with E-state index in [1.165, 1.54) is 4.90 Å². The molecule has 2 aromatic rings. The van der Waals surface area contributed by atoms with Gasteiger partial charge in [0, 0.05) is 25.0 Å². The van der Waals surface area contributed by atoms with Crippen molar-refractivity contribution < 1.29 is 14.4 Å². The van der Waals surface area contributed by atoms with Gasteiger partial charge in [-0.25, -0.2) is 9.78 Å². The third-order valence-corrected chi connectivity index (χ3v) is 4.88. The molecule has 0 atom stereocenters. The number of pyridine rings is 1. The van der Waals surface area contributed by atoms with E-state index in [-0.39, 0.29) is 29.5 Å². The Labute approximate surface area is 171 Å². The molecule has 0 radical (unpaired) electrons. The van der Waals surface area contributed by atoms with E-state index in [1.807, 2.05) is 6.07 Å². The van der Waals surface area contributed by atoms with E-state index in [9.17, 15) is 14.4 Å². The van der Waals surface area contributed by atoms with Crippen LogP contribution in [0.2, 0.25) is 0 Å². The quantitative estimate of drug-likeness (QED) is 0.598. The molecule has 0 unspecified atom stereocenters. The molecule has 1 fully saturated rings. The summed E-state index contributed by atoms with van der Waals surface area (Å²) in [7, 11) is 0. The molecule has 1 saturated heterocycles. The number of carbonyl (C=O) groups excluding carboxylic acids is 3. The van der Waals surface area contributed by atoms with Crippen LogP contribution >= 0.6 is 11.8 Å². The first-order chi connectivity index (χ1) is 14.1. The molecule has 0 spiro atoms. The van der Waals surface area contributed by atoms with E-state index in [0.29, 0.717) is 30.2 Å². The highest BCUT2D eigenvalue weighted by atomic mass is 32.2. The summed E-state index contributed by atoms with van der Waals surface area (Å²) >= 11 is 1.00. The number of benzene rings is 1. The lowest BCUT2D eigenvalue weighted by Crippen LogP contribution is -2.32. The number of imide groups is 1. The van der Waals surface area contributed by atoms with Gasteiger partial charge in [0.1, 0.15) is 11.9 Å². The smallest absolute Gasteiger partial charge is 0.319 e. The number of amides is 4. The summed E-state index contributed by atoms with van der Waals surface area (Å²) in [5.41, 5.74) is 1.82. The first kappa shape index (κ1) is 20.2. The maximum atomic E-state index is 12.0. The number of thioether (sulfide) groups is 1. The summed E-state index contributed by atoms with van der Waals surface area (Å²) in [5, 5.41) is 17.2. The second kappa shape index (κ2) is 9.57. The minimum Gasteiger partial charge on any atom is -0.367 e. The lowest BCUT2D eigenvalue weighted by Gasteiger charge is -2.13. The highest BCUT2D eigenvalue weighted by Gasteiger charge is 2.29. The lowest BCUT2D eigenvalue weighted by molar-refractivity contribution is -0.125. The average molecular weight is 410 g/mol. The van der Waals surface area contributed by atoms with Crippen molar-refractivity contribution in [1.29, 1.82) is 5.26 Å². The zero-order valence-corrected chi connectivity index (χ0v) is 16.2. The summed E-state index contributed by atoms with van der Waals surface area (Å²) in [5.74, 6) is 0.468. The van der Waals surface area contributed by atoms with Crippen LogP contribution in [0.25, 0.3) is 0 Å². The third kappa shape index (κ3) is 5.46. The Kier molecular flexibility index (Phi) is 6.65. The molecule has 3 rings (SSSR count). The SMILES string of the molecule is N#Cc1cccnc1NCCNC(=O)Nc1ccc(CN2C(=O)CSC2=O)cc1. The molecule has 1 aliphatic heterocycles. The van der Waals surface area contributed by atoms with Crippen LogP contribution in [0.15, 0.2) is 42.6 Å². The first-order valence-corrected chi connectivity index (χ1v) is 9.75. The Morgan fingerprint density at radius 3 is 2.69 bits per heavy atom. The van der Waals surface area contributed by atoms with Gasteiger partial charge in [-0.3, -0.25) is 14.5 Å². The number of nitrogens with one attached hydrogen (secondary N) is 3. The lowest BCUT2D eigenvalue weighted by atomic mass is 10.2. The molecule has 1 aromatic carbocycles. The van der Waals surface area contributed by atoms with Crippen LogP contribution < -0.4 is 16.0 Å². The van der Waals surface area contributed by atoms with Gasteiger partial charge in [0.15, 0.2) is 0 Å². The molecule has 10 heteroatoms. The molecule has 2 heterocycles. The van der Waals surface area contributed by atoms with E-state index in [4.69, 9.17) is 5.26 Å².